The van der Waals surface area contributed by atoms with Gasteiger partial charge in [-0.1, -0.05) is 6.07 Å². The lowest BCUT2D eigenvalue weighted by Gasteiger charge is -2.32. The van der Waals surface area contributed by atoms with Gasteiger partial charge in [-0.05, 0) is 31.9 Å². The summed E-state index contributed by atoms with van der Waals surface area (Å²) in [5.74, 6) is 1.77. The quantitative estimate of drug-likeness (QED) is 0.733. The number of aromatic nitrogens is 4. The molecule has 1 amide bonds. The molecule has 2 aromatic heterocycles. The Bertz CT molecular complexity index is 913. The number of carbonyl (C=O) groups is 1. The van der Waals surface area contributed by atoms with Crippen LogP contribution >= 0.6 is 0 Å². The van der Waals surface area contributed by atoms with E-state index in [0.29, 0.717) is 29.1 Å². The maximum Gasteiger partial charge on any atom is 0.256 e. The van der Waals surface area contributed by atoms with Crippen LogP contribution in [0.25, 0.3) is 11.1 Å². The number of piperidine rings is 1. The van der Waals surface area contributed by atoms with Crippen molar-refractivity contribution >= 4 is 17.0 Å². The van der Waals surface area contributed by atoms with Crippen LogP contribution in [0.1, 0.15) is 47.8 Å². The van der Waals surface area contributed by atoms with Crippen LogP contribution in [0.15, 0.2) is 28.9 Å². The minimum Gasteiger partial charge on any atom is -0.441 e. The highest BCUT2D eigenvalue weighted by atomic mass is 16.3. The van der Waals surface area contributed by atoms with Crippen LogP contribution in [0.5, 0.6) is 0 Å². The number of fused-ring (bicyclic) bond motifs is 1. The van der Waals surface area contributed by atoms with Gasteiger partial charge in [0.2, 0.25) is 0 Å². The van der Waals surface area contributed by atoms with Crippen molar-refractivity contribution in [3.05, 3.63) is 41.8 Å². The summed E-state index contributed by atoms with van der Waals surface area (Å²) >= 11 is 0. The van der Waals surface area contributed by atoms with Gasteiger partial charge in [0.25, 0.3) is 5.91 Å². The second kappa shape index (κ2) is 6.31. The van der Waals surface area contributed by atoms with E-state index in [1.165, 1.54) is 0 Å². The van der Waals surface area contributed by atoms with E-state index in [4.69, 9.17) is 4.42 Å². The molecular formula is C18H21N5O2. The van der Waals surface area contributed by atoms with Crippen LogP contribution in [-0.2, 0) is 6.54 Å². The molecule has 4 rings (SSSR count). The van der Waals surface area contributed by atoms with Crippen molar-refractivity contribution in [2.45, 2.75) is 39.2 Å². The Kier molecular flexibility index (Phi) is 3.99. The molecule has 0 spiro atoms. The molecule has 3 heterocycles. The van der Waals surface area contributed by atoms with E-state index >= 15 is 0 Å². The first kappa shape index (κ1) is 15.8. The fourth-order valence-corrected chi connectivity index (χ4v) is 3.60. The molecule has 25 heavy (non-hydrogen) atoms. The summed E-state index contributed by atoms with van der Waals surface area (Å²) in [6, 6.07) is 5.51. The number of rotatable bonds is 3. The van der Waals surface area contributed by atoms with Crippen molar-refractivity contribution in [3.63, 3.8) is 0 Å². The Morgan fingerprint density at radius 3 is 3.12 bits per heavy atom. The van der Waals surface area contributed by atoms with Gasteiger partial charge in [-0.15, -0.1) is 10.2 Å². The Morgan fingerprint density at radius 1 is 1.40 bits per heavy atom. The first-order chi connectivity index (χ1) is 12.2. The SMILES string of the molecule is CCn1cnnc1C1CCCN(C(=O)c2cccc3oc(C)nc23)C1. The number of nitrogens with zero attached hydrogens (tertiary/aromatic N) is 5. The van der Waals surface area contributed by atoms with Gasteiger partial charge in [0, 0.05) is 32.5 Å². The standard InChI is InChI=1S/C18H21N5O2/c1-3-22-11-19-21-17(22)13-6-5-9-23(10-13)18(24)14-7-4-8-15-16(14)20-12(2)25-15/h4,7-8,11,13H,3,5-6,9-10H2,1-2H3. The number of hydrogen-bond donors (Lipinski definition) is 0. The Morgan fingerprint density at radius 2 is 2.28 bits per heavy atom. The number of amides is 1. The highest BCUT2D eigenvalue weighted by Gasteiger charge is 2.29. The molecule has 1 aromatic carbocycles. The van der Waals surface area contributed by atoms with E-state index in [1.807, 2.05) is 23.1 Å². The van der Waals surface area contributed by atoms with Gasteiger partial charge in [-0.3, -0.25) is 4.79 Å². The van der Waals surface area contributed by atoms with Crippen molar-refractivity contribution in [1.29, 1.82) is 0 Å². The molecule has 1 aliphatic heterocycles. The third-order valence-corrected chi connectivity index (χ3v) is 4.82. The minimum atomic E-state index is 0.00571. The predicted molar refractivity (Wildman–Crippen MR) is 92.3 cm³/mol. The molecule has 1 atom stereocenters. The zero-order valence-corrected chi connectivity index (χ0v) is 14.5. The van der Waals surface area contributed by atoms with Crippen LogP contribution < -0.4 is 0 Å². The van der Waals surface area contributed by atoms with E-state index in [-0.39, 0.29) is 11.8 Å². The number of hydrogen-bond acceptors (Lipinski definition) is 5. The molecule has 3 aromatic rings. The summed E-state index contributed by atoms with van der Waals surface area (Å²) in [5, 5.41) is 8.31. The maximum absolute atomic E-state index is 13.1. The Hall–Kier alpha value is -2.70. The normalized spacial score (nSPS) is 18.0. The van der Waals surface area contributed by atoms with Gasteiger partial charge in [0.1, 0.15) is 17.7 Å². The number of likely N-dealkylation sites (tertiary alicyclic amines) is 1. The maximum atomic E-state index is 13.1. The average molecular weight is 339 g/mol. The zero-order chi connectivity index (χ0) is 17.4. The Labute approximate surface area is 145 Å². The molecule has 0 aliphatic carbocycles. The molecule has 1 fully saturated rings. The number of benzene rings is 1. The van der Waals surface area contributed by atoms with Gasteiger partial charge < -0.3 is 13.9 Å². The van der Waals surface area contributed by atoms with E-state index < -0.39 is 0 Å². The summed E-state index contributed by atoms with van der Waals surface area (Å²) in [6.07, 6.45) is 3.74. The molecule has 0 saturated carbocycles. The van der Waals surface area contributed by atoms with Gasteiger partial charge >= 0.3 is 0 Å². The summed E-state index contributed by atoms with van der Waals surface area (Å²) < 4.78 is 7.61. The van der Waals surface area contributed by atoms with Crippen molar-refractivity contribution in [2.24, 2.45) is 0 Å². The van der Waals surface area contributed by atoms with Crippen LogP contribution in [-0.4, -0.2) is 43.6 Å². The van der Waals surface area contributed by atoms with Gasteiger partial charge in [-0.25, -0.2) is 4.98 Å². The van der Waals surface area contributed by atoms with Crippen LogP contribution in [0.4, 0.5) is 0 Å². The molecule has 7 heteroatoms. The second-order valence-corrected chi connectivity index (χ2v) is 6.45. The average Bonchev–Trinajstić information content (AvgIpc) is 3.26. The van der Waals surface area contributed by atoms with E-state index in [0.717, 1.165) is 31.8 Å². The lowest BCUT2D eigenvalue weighted by Crippen LogP contribution is -2.39. The summed E-state index contributed by atoms with van der Waals surface area (Å²) in [4.78, 5) is 19.4. The van der Waals surface area contributed by atoms with Gasteiger partial charge in [0.05, 0.1) is 5.56 Å². The second-order valence-electron chi connectivity index (χ2n) is 6.45. The zero-order valence-electron chi connectivity index (χ0n) is 14.5. The molecule has 1 unspecified atom stereocenters. The number of carbonyl (C=O) groups excluding carboxylic acids is 1. The van der Waals surface area contributed by atoms with Crippen molar-refractivity contribution < 1.29 is 9.21 Å². The lowest BCUT2D eigenvalue weighted by molar-refractivity contribution is 0.0705. The third kappa shape index (κ3) is 2.79. The molecule has 1 saturated heterocycles. The molecule has 1 aliphatic rings. The van der Waals surface area contributed by atoms with Crippen molar-refractivity contribution in [2.75, 3.05) is 13.1 Å². The smallest absolute Gasteiger partial charge is 0.256 e. The van der Waals surface area contributed by atoms with Crippen LogP contribution in [0.2, 0.25) is 0 Å². The summed E-state index contributed by atoms with van der Waals surface area (Å²) in [7, 11) is 0. The minimum absolute atomic E-state index is 0.00571. The van der Waals surface area contributed by atoms with E-state index in [9.17, 15) is 4.79 Å². The molecule has 0 N–H and O–H groups in total. The predicted octanol–water partition coefficient (Wildman–Crippen LogP) is 2.77. The largest absolute Gasteiger partial charge is 0.441 e. The van der Waals surface area contributed by atoms with Crippen molar-refractivity contribution in [3.8, 4) is 0 Å². The lowest BCUT2D eigenvalue weighted by atomic mass is 9.96. The van der Waals surface area contributed by atoms with E-state index in [2.05, 4.69) is 26.7 Å². The van der Waals surface area contributed by atoms with E-state index in [1.54, 1.807) is 13.3 Å². The van der Waals surface area contributed by atoms with Gasteiger partial charge in [0.15, 0.2) is 11.5 Å². The fourth-order valence-electron chi connectivity index (χ4n) is 3.60. The molecule has 0 radical (unpaired) electrons. The van der Waals surface area contributed by atoms with Crippen LogP contribution in [0.3, 0.4) is 0 Å². The molecule has 0 bridgehead atoms. The molecule has 7 nitrogen and oxygen atoms in total. The van der Waals surface area contributed by atoms with Gasteiger partial charge in [-0.2, -0.15) is 0 Å². The topological polar surface area (TPSA) is 77.0 Å². The molecule has 130 valence electrons. The number of oxazole rings is 1. The third-order valence-electron chi connectivity index (χ3n) is 4.82. The first-order valence-electron chi connectivity index (χ1n) is 8.70. The van der Waals surface area contributed by atoms with Crippen LogP contribution in [0, 0.1) is 6.92 Å². The number of aryl methyl sites for hydroxylation is 2. The van der Waals surface area contributed by atoms with Crippen molar-refractivity contribution in [1.82, 2.24) is 24.6 Å². The Balaban J connectivity index is 1.61. The first-order valence-corrected chi connectivity index (χ1v) is 8.70. The molecular weight excluding hydrogens is 318 g/mol. The highest BCUT2D eigenvalue weighted by molar-refractivity contribution is 6.04. The summed E-state index contributed by atoms with van der Waals surface area (Å²) in [5.41, 5.74) is 1.90. The fraction of sp³-hybridized carbons (Fsp3) is 0.444. The highest BCUT2D eigenvalue weighted by Crippen LogP contribution is 2.28. The number of para-hydroxylation sites is 1. The monoisotopic (exact) mass is 339 g/mol. The summed E-state index contributed by atoms with van der Waals surface area (Å²) in [6.45, 7) is 6.12.